The first-order chi connectivity index (χ1) is 4.22. The fourth-order valence-corrected chi connectivity index (χ4v) is 1.49. The lowest BCUT2D eigenvalue weighted by molar-refractivity contribution is 0.947. The van der Waals surface area contributed by atoms with Gasteiger partial charge in [-0.3, -0.25) is 0 Å². The summed E-state index contributed by atoms with van der Waals surface area (Å²) in [5.74, 6) is 0.556. The second kappa shape index (κ2) is 5.75. The molecule has 0 aromatic carbocycles. The molecule has 0 saturated carbocycles. The maximum Gasteiger partial charge on any atom is 0.0548 e. The smallest absolute Gasteiger partial charge is 0.0548 e. The van der Waals surface area contributed by atoms with Crippen LogP contribution in [0.2, 0.25) is 0 Å². The van der Waals surface area contributed by atoms with Crippen molar-refractivity contribution in [2.45, 2.75) is 19.8 Å². The van der Waals surface area contributed by atoms with Gasteiger partial charge in [-0.2, -0.15) is 0 Å². The largest absolute Gasteiger partial charge is 0.121 e. The highest BCUT2D eigenvalue weighted by molar-refractivity contribution is 9.14. The third kappa shape index (κ3) is 4.40. The molecule has 3 heteroatoms. The Kier molecular flexibility index (Phi) is 6.38. The van der Waals surface area contributed by atoms with Gasteiger partial charge in [0.15, 0.2) is 0 Å². The molecule has 0 amide bonds. The van der Waals surface area contributed by atoms with Crippen LogP contribution in [0.25, 0.3) is 0 Å². The summed E-state index contributed by atoms with van der Waals surface area (Å²) >= 11 is 12.3. The molecule has 0 bridgehead atoms. The van der Waals surface area contributed by atoms with Crippen molar-refractivity contribution < 1.29 is 0 Å². The van der Waals surface area contributed by atoms with Gasteiger partial charge in [0.25, 0.3) is 0 Å². The molecule has 0 aliphatic carbocycles. The first kappa shape index (κ1) is 9.99. The van der Waals surface area contributed by atoms with E-state index in [1.54, 1.807) is 0 Å². The zero-order valence-electron chi connectivity index (χ0n) is 5.26. The monoisotopic (exact) mass is 274 g/mol. The summed E-state index contributed by atoms with van der Waals surface area (Å²) in [6, 6.07) is 0. The van der Waals surface area contributed by atoms with Crippen LogP contribution in [-0.2, 0) is 0 Å². The number of rotatable bonds is 3. The van der Waals surface area contributed by atoms with Crippen LogP contribution < -0.4 is 0 Å². The number of halogens is 3. The van der Waals surface area contributed by atoms with E-state index in [1.165, 1.54) is 4.48 Å². The second-order valence-electron chi connectivity index (χ2n) is 1.69. The third-order valence-electron chi connectivity index (χ3n) is 0.881. The van der Waals surface area contributed by atoms with Gasteiger partial charge in [-0.05, 0) is 6.42 Å². The SMILES string of the molecule is CCC/C(Br)=C(\Br)CCl. The van der Waals surface area contributed by atoms with Crippen LogP contribution in [0.5, 0.6) is 0 Å². The Morgan fingerprint density at radius 2 is 1.89 bits per heavy atom. The van der Waals surface area contributed by atoms with Crippen molar-refractivity contribution in [1.29, 1.82) is 0 Å². The van der Waals surface area contributed by atoms with Gasteiger partial charge in [0.2, 0.25) is 0 Å². The molecular weight excluding hydrogens is 267 g/mol. The van der Waals surface area contributed by atoms with E-state index < -0.39 is 0 Å². The molecule has 0 nitrogen and oxygen atoms in total. The third-order valence-corrected chi connectivity index (χ3v) is 3.64. The molecule has 0 unspecified atom stereocenters. The van der Waals surface area contributed by atoms with E-state index in [-0.39, 0.29) is 0 Å². The number of hydrogen-bond acceptors (Lipinski definition) is 0. The minimum absolute atomic E-state index is 0.556. The van der Waals surface area contributed by atoms with Gasteiger partial charge in [-0.15, -0.1) is 11.6 Å². The Bertz CT molecular complexity index is 110. The van der Waals surface area contributed by atoms with Gasteiger partial charge in [-0.1, -0.05) is 45.2 Å². The van der Waals surface area contributed by atoms with E-state index in [4.69, 9.17) is 11.6 Å². The lowest BCUT2D eigenvalue weighted by Gasteiger charge is -1.97. The quantitative estimate of drug-likeness (QED) is 0.683. The Morgan fingerprint density at radius 1 is 1.33 bits per heavy atom. The highest BCUT2D eigenvalue weighted by Crippen LogP contribution is 2.22. The molecule has 0 heterocycles. The van der Waals surface area contributed by atoms with E-state index in [1.807, 2.05) is 0 Å². The highest BCUT2D eigenvalue weighted by Gasteiger charge is 1.96. The summed E-state index contributed by atoms with van der Waals surface area (Å²) in [4.78, 5) is 0. The van der Waals surface area contributed by atoms with Gasteiger partial charge in [0.1, 0.15) is 0 Å². The van der Waals surface area contributed by atoms with Crippen molar-refractivity contribution >= 4 is 43.5 Å². The van der Waals surface area contributed by atoms with Crippen LogP contribution in [0.1, 0.15) is 19.8 Å². The number of allylic oxidation sites excluding steroid dienone is 2. The molecule has 9 heavy (non-hydrogen) atoms. The Morgan fingerprint density at radius 3 is 2.22 bits per heavy atom. The summed E-state index contributed by atoms with van der Waals surface area (Å²) in [6.45, 7) is 2.13. The van der Waals surface area contributed by atoms with Gasteiger partial charge < -0.3 is 0 Å². The van der Waals surface area contributed by atoms with Crippen molar-refractivity contribution in [2.24, 2.45) is 0 Å². The summed E-state index contributed by atoms with van der Waals surface area (Å²) in [5, 5.41) is 0. The second-order valence-corrected chi connectivity index (χ2v) is 3.88. The maximum absolute atomic E-state index is 5.55. The molecular formula is C6H9Br2Cl. The van der Waals surface area contributed by atoms with Crippen molar-refractivity contribution in [1.82, 2.24) is 0 Å². The zero-order valence-corrected chi connectivity index (χ0v) is 9.18. The lowest BCUT2D eigenvalue weighted by Crippen LogP contribution is -1.78. The van der Waals surface area contributed by atoms with Gasteiger partial charge in [0.05, 0.1) is 5.88 Å². The lowest BCUT2D eigenvalue weighted by atomic mass is 10.3. The van der Waals surface area contributed by atoms with Crippen LogP contribution in [0.15, 0.2) is 8.96 Å². The van der Waals surface area contributed by atoms with Crippen LogP contribution in [-0.4, -0.2) is 5.88 Å². The minimum Gasteiger partial charge on any atom is -0.121 e. The Labute approximate surface area is 77.9 Å². The molecule has 0 N–H and O–H groups in total. The standard InChI is InChI=1S/C6H9Br2Cl/c1-2-3-5(7)6(8)4-9/h2-4H2,1H3/b6-5+. The Balaban J connectivity index is 3.78. The van der Waals surface area contributed by atoms with Gasteiger partial charge in [-0.25, -0.2) is 0 Å². The normalized spacial score (nSPS) is 13.3. The Hall–Kier alpha value is 0.990. The predicted molar refractivity (Wildman–Crippen MR) is 50.5 cm³/mol. The molecule has 0 spiro atoms. The molecule has 0 rings (SSSR count). The molecule has 0 radical (unpaired) electrons. The zero-order chi connectivity index (χ0) is 7.28. The van der Waals surface area contributed by atoms with E-state index >= 15 is 0 Å². The van der Waals surface area contributed by atoms with Crippen molar-refractivity contribution in [3.8, 4) is 0 Å². The average molecular weight is 276 g/mol. The summed E-state index contributed by atoms with van der Waals surface area (Å²) < 4.78 is 2.24. The van der Waals surface area contributed by atoms with E-state index in [2.05, 4.69) is 38.8 Å². The molecule has 0 fully saturated rings. The van der Waals surface area contributed by atoms with Crippen LogP contribution in [0.3, 0.4) is 0 Å². The summed E-state index contributed by atoms with van der Waals surface area (Å²) in [5.41, 5.74) is 0. The molecule has 0 aliphatic heterocycles. The first-order valence-corrected chi connectivity index (χ1v) is 4.93. The minimum atomic E-state index is 0.556. The summed E-state index contributed by atoms with van der Waals surface area (Å²) in [6.07, 6.45) is 2.21. The molecule has 0 atom stereocenters. The van der Waals surface area contributed by atoms with Crippen LogP contribution in [0, 0.1) is 0 Å². The maximum atomic E-state index is 5.55. The predicted octanol–water partition coefficient (Wildman–Crippen LogP) is 4.03. The van der Waals surface area contributed by atoms with Gasteiger partial charge in [0, 0.05) is 8.96 Å². The summed E-state index contributed by atoms with van der Waals surface area (Å²) in [7, 11) is 0. The number of hydrogen-bond donors (Lipinski definition) is 0. The number of alkyl halides is 1. The van der Waals surface area contributed by atoms with Crippen LogP contribution >= 0.6 is 43.5 Å². The fourth-order valence-electron chi connectivity index (χ4n) is 0.428. The highest BCUT2D eigenvalue weighted by atomic mass is 79.9. The molecule has 0 aromatic heterocycles. The van der Waals surface area contributed by atoms with E-state index in [0.29, 0.717) is 5.88 Å². The average Bonchev–Trinajstić information content (AvgIpc) is 1.87. The van der Waals surface area contributed by atoms with Crippen LogP contribution in [0.4, 0.5) is 0 Å². The van der Waals surface area contributed by atoms with E-state index in [9.17, 15) is 0 Å². The molecule has 0 saturated heterocycles. The van der Waals surface area contributed by atoms with Crippen molar-refractivity contribution in [2.75, 3.05) is 5.88 Å². The van der Waals surface area contributed by atoms with Crippen molar-refractivity contribution in [3.63, 3.8) is 0 Å². The van der Waals surface area contributed by atoms with Gasteiger partial charge >= 0.3 is 0 Å². The van der Waals surface area contributed by atoms with E-state index in [0.717, 1.165) is 17.3 Å². The molecule has 0 aliphatic rings. The van der Waals surface area contributed by atoms with Crippen molar-refractivity contribution in [3.05, 3.63) is 8.96 Å². The topological polar surface area (TPSA) is 0 Å². The fraction of sp³-hybridized carbons (Fsp3) is 0.667. The molecule has 0 aromatic rings. The molecule has 54 valence electrons. The first-order valence-electron chi connectivity index (χ1n) is 2.81.